The number of benzene rings is 3. The van der Waals surface area contributed by atoms with Gasteiger partial charge in [-0.1, -0.05) is 78.3 Å². The summed E-state index contributed by atoms with van der Waals surface area (Å²) in [7, 11) is 1.63. The Balaban J connectivity index is 1.58. The first-order chi connectivity index (χ1) is 16.4. The number of carboxylic acid groups (broad SMARTS) is 1. The predicted octanol–water partition coefficient (Wildman–Crippen LogP) is 6.43. The molecule has 0 spiro atoms. The number of rotatable bonds is 8. The number of nitrogens with zero attached hydrogens (tertiary/aromatic N) is 2. The quantitative estimate of drug-likeness (QED) is 0.309. The molecule has 1 aromatic heterocycles. The SMILES string of the molecule is CN(C(=O)C(CC(=O)O)Cc1ccccc1)c1nc(-c2cc(-c3ccccc3)ccc2Cl)cs1. The number of aliphatic carboxylic acids is 1. The van der Waals surface area contributed by atoms with Crippen LogP contribution in [0, 0.1) is 5.92 Å². The van der Waals surface area contributed by atoms with Gasteiger partial charge in [0.2, 0.25) is 5.91 Å². The highest BCUT2D eigenvalue weighted by Crippen LogP contribution is 2.35. The van der Waals surface area contributed by atoms with Crippen LogP contribution < -0.4 is 4.90 Å². The average Bonchev–Trinajstić information content (AvgIpc) is 3.34. The van der Waals surface area contributed by atoms with E-state index in [1.807, 2.05) is 84.2 Å². The minimum atomic E-state index is -1.01. The van der Waals surface area contributed by atoms with Crippen LogP contribution in [0.1, 0.15) is 12.0 Å². The van der Waals surface area contributed by atoms with Crippen LogP contribution in [0.2, 0.25) is 5.02 Å². The second-order valence-corrected chi connectivity index (χ2v) is 9.20. The summed E-state index contributed by atoms with van der Waals surface area (Å²) in [5.74, 6) is -1.98. The summed E-state index contributed by atoms with van der Waals surface area (Å²) in [5.41, 5.74) is 4.45. The maximum absolute atomic E-state index is 13.2. The Morgan fingerprint density at radius 3 is 2.35 bits per heavy atom. The highest BCUT2D eigenvalue weighted by molar-refractivity contribution is 7.14. The van der Waals surface area contributed by atoms with Gasteiger partial charge in [-0.2, -0.15) is 0 Å². The lowest BCUT2D eigenvalue weighted by Gasteiger charge is -2.21. The van der Waals surface area contributed by atoms with Crippen LogP contribution in [0.25, 0.3) is 22.4 Å². The van der Waals surface area contributed by atoms with Gasteiger partial charge in [0.05, 0.1) is 23.1 Å². The lowest BCUT2D eigenvalue weighted by molar-refractivity contribution is -0.140. The Morgan fingerprint density at radius 2 is 1.68 bits per heavy atom. The molecule has 4 aromatic rings. The third-order valence-corrected chi connectivity index (χ3v) is 6.80. The highest BCUT2D eigenvalue weighted by Gasteiger charge is 2.27. The molecule has 1 heterocycles. The second-order valence-electron chi connectivity index (χ2n) is 7.96. The molecule has 0 fully saturated rings. The number of anilines is 1. The van der Waals surface area contributed by atoms with Gasteiger partial charge in [-0.3, -0.25) is 14.5 Å². The zero-order chi connectivity index (χ0) is 24.1. The zero-order valence-electron chi connectivity index (χ0n) is 18.5. The van der Waals surface area contributed by atoms with E-state index in [2.05, 4.69) is 4.98 Å². The van der Waals surface area contributed by atoms with Crippen molar-refractivity contribution < 1.29 is 14.7 Å². The van der Waals surface area contributed by atoms with Gasteiger partial charge in [0.25, 0.3) is 0 Å². The first-order valence-corrected chi connectivity index (χ1v) is 12.0. The van der Waals surface area contributed by atoms with E-state index in [0.717, 1.165) is 22.3 Å². The first kappa shape index (κ1) is 23.7. The normalized spacial score (nSPS) is 11.7. The van der Waals surface area contributed by atoms with Crippen LogP contribution in [-0.2, 0) is 16.0 Å². The van der Waals surface area contributed by atoms with Crippen molar-refractivity contribution >= 4 is 39.9 Å². The van der Waals surface area contributed by atoms with Crippen LogP contribution in [0.3, 0.4) is 0 Å². The third-order valence-electron chi connectivity index (χ3n) is 5.55. The maximum atomic E-state index is 13.2. The van der Waals surface area contributed by atoms with Gasteiger partial charge < -0.3 is 5.11 Å². The minimum Gasteiger partial charge on any atom is -0.481 e. The Labute approximate surface area is 207 Å². The number of hydrogen-bond acceptors (Lipinski definition) is 4. The summed E-state index contributed by atoms with van der Waals surface area (Å²) < 4.78 is 0. The molecule has 34 heavy (non-hydrogen) atoms. The molecule has 0 saturated heterocycles. The predicted molar refractivity (Wildman–Crippen MR) is 137 cm³/mol. The zero-order valence-corrected chi connectivity index (χ0v) is 20.1. The number of carbonyl (C=O) groups excluding carboxylic acids is 1. The molecule has 5 nitrogen and oxygen atoms in total. The van der Waals surface area contributed by atoms with E-state index in [4.69, 9.17) is 11.6 Å². The van der Waals surface area contributed by atoms with Crippen LogP contribution in [-0.4, -0.2) is 29.0 Å². The van der Waals surface area contributed by atoms with Crippen LogP contribution in [0.5, 0.6) is 0 Å². The minimum absolute atomic E-state index is 0.249. The molecule has 0 saturated carbocycles. The van der Waals surface area contributed by atoms with E-state index in [9.17, 15) is 14.7 Å². The van der Waals surface area contributed by atoms with E-state index >= 15 is 0 Å². The highest BCUT2D eigenvalue weighted by atomic mass is 35.5. The van der Waals surface area contributed by atoms with Crippen molar-refractivity contribution in [3.05, 3.63) is 94.8 Å². The first-order valence-electron chi connectivity index (χ1n) is 10.8. The molecular weight excluding hydrogens is 468 g/mol. The number of carboxylic acids is 1. The summed E-state index contributed by atoms with van der Waals surface area (Å²) in [4.78, 5) is 30.8. The molecule has 0 aliphatic carbocycles. The van der Waals surface area contributed by atoms with E-state index in [-0.39, 0.29) is 12.3 Å². The molecular formula is C27H23ClN2O3S. The van der Waals surface area contributed by atoms with Crippen LogP contribution in [0.15, 0.2) is 84.2 Å². The van der Waals surface area contributed by atoms with E-state index in [1.165, 1.54) is 16.2 Å². The van der Waals surface area contributed by atoms with Gasteiger partial charge in [-0.05, 0) is 35.2 Å². The third kappa shape index (κ3) is 5.53. The smallest absolute Gasteiger partial charge is 0.304 e. The molecule has 4 rings (SSSR count). The van der Waals surface area contributed by atoms with Crippen molar-refractivity contribution in [2.45, 2.75) is 12.8 Å². The monoisotopic (exact) mass is 490 g/mol. The molecule has 0 aliphatic rings. The van der Waals surface area contributed by atoms with Gasteiger partial charge >= 0.3 is 5.97 Å². The molecule has 0 radical (unpaired) electrons. The Kier molecular flexibility index (Phi) is 7.40. The van der Waals surface area contributed by atoms with Crippen LogP contribution >= 0.6 is 22.9 Å². The standard InChI is InChI=1S/C27H23ClN2O3S/c1-30(26(33)21(16-25(31)32)14-18-8-4-2-5-9-18)27-29-24(17-34-27)22-15-20(12-13-23(22)28)19-10-6-3-7-11-19/h2-13,15,17,21H,14,16H2,1H3,(H,31,32). The molecule has 0 bridgehead atoms. The van der Waals surface area contributed by atoms with Gasteiger partial charge in [-0.15, -0.1) is 11.3 Å². The molecule has 1 amide bonds. The van der Waals surface area contributed by atoms with Crippen molar-refractivity contribution in [1.82, 2.24) is 4.98 Å². The van der Waals surface area contributed by atoms with Gasteiger partial charge in [0.15, 0.2) is 5.13 Å². The number of aromatic nitrogens is 1. The molecule has 0 aliphatic heterocycles. The largest absolute Gasteiger partial charge is 0.481 e. The van der Waals surface area contributed by atoms with Crippen LogP contribution in [0.4, 0.5) is 5.13 Å². The molecule has 172 valence electrons. The molecule has 3 aromatic carbocycles. The van der Waals surface area contributed by atoms with Gasteiger partial charge in [-0.25, -0.2) is 4.98 Å². The number of thiazole rings is 1. The molecule has 1 unspecified atom stereocenters. The second kappa shape index (κ2) is 10.6. The van der Waals surface area contributed by atoms with Gasteiger partial charge in [0, 0.05) is 18.0 Å². The van der Waals surface area contributed by atoms with Gasteiger partial charge in [0.1, 0.15) is 0 Å². The summed E-state index contributed by atoms with van der Waals surface area (Å²) in [6.07, 6.45) is 0.0980. The summed E-state index contributed by atoms with van der Waals surface area (Å²) >= 11 is 7.81. The lowest BCUT2D eigenvalue weighted by atomic mass is 9.95. The fourth-order valence-corrected chi connectivity index (χ4v) is 4.81. The van der Waals surface area contributed by atoms with E-state index < -0.39 is 11.9 Å². The van der Waals surface area contributed by atoms with E-state index in [1.54, 1.807) is 7.05 Å². The Bertz CT molecular complexity index is 1290. The van der Waals surface area contributed by atoms with Crippen molar-refractivity contribution in [2.75, 3.05) is 11.9 Å². The van der Waals surface area contributed by atoms with Crippen molar-refractivity contribution in [2.24, 2.45) is 5.92 Å². The van der Waals surface area contributed by atoms with Crippen molar-refractivity contribution in [3.8, 4) is 22.4 Å². The number of halogens is 1. The lowest BCUT2D eigenvalue weighted by Crippen LogP contribution is -2.35. The number of carbonyl (C=O) groups is 2. The van der Waals surface area contributed by atoms with Crippen molar-refractivity contribution in [1.29, 1.82) is 0 Å². The van der Waals surface area contributed by atoms with E-state index in [0.29, 0.717) is 22.3 Å². The Morgan fingerprint density at radius 1 is 1.00 bits per heavy atom. The summed E-state index contributed by atoms with van der Waals surface area (Å²) in [6, 6.07) is 25.2. The molecule has 7 heteroatoms. The number of hydrogen-bond donors (Lipinski definition) is 1. The number of amides is 1. The Hall–Kier alpha value is -3.48. The fraction of sp³-hybridized carbons (Fsp3) is 0.148. The molecule has 1 atom stereocenters. The maximum Gasteiger partial charge on any atom is 0.304 e. The topological polar surface area (TPSA) is 70.5 Å². The summed E-state index contributed by atoms with van der Waals surface area (Å²) in [6.45, 7) is 0. The fourth-order valence-electron chi connectivity index (χ4n) is 3.80. The summed E-state index contributed by atoms with van der Waals surface area (Å²) in [5, 5.41) is 12.3. The van der Waals surface area contributed by atoms with Crippen molar-refractivity contribution in [3.63, 3.8) is 0 Å². The average molecular weight is 491 g/mol. The molecule has 1 N–H and O–H groups in total.